The lowest BCUT2D eigenvalue weighted by atomic mass is 10.1. The molecular weight excluding hydrogens is 398 g/mol. The summed E-state index contributed by atoms with van der Waals surface area (Å²) in [5.74, 6) is 0. The van der Waals surface area contributed by atoms with Gasteiger partial charge in [-0.2, -0.15) is 8.42 Å². The Hall–Kier alpha value is -0.710. The minimum atomic E-state index is -3.95. The number of nitrogens with one attached hydrogen (secondary N) is 1. The number of nitrogens with zero attached hydrogens (tertiary/aromatic N) is 4. The number of quaternary nitrogens is 1. The van der Waals surface area contributed by atoms with Crippen LogP contribution < -0.4 is 0 Å². The van der Waals surface area contributed by atoms with Crippen LogP contribution >= 0.6 is 11.8 Å². The number of aromatic amines is 1. The lowest BCUT2D eigenvalue weighted by Crippen LogP contribution is -2.50. The van der Waals surface area contributed by atoms with Crippen LogP contribution in [0, 0.1) is 0 Å². The van der Waals surface area contributed by atoms with Crippen LogP contribution in [0.25, 0.3) is 0 Å². The highest BCUT2D eigenvalue weighted by molar-refractivity contribution is 8.10. The molecule has 0 atom stereocenters. The molecule has 0 bridgehead atoms. The Morgan fingerprint density at radius 1 is 0.893 bits per heavy atom. The molecule has 0 saturated heterocycles. The maximum absolute atomic E-state index is 10.2. The minimum Gasteiger partial charge on any atom is -0.324 e. The van der Waals surface area contributed by atoms with Gasteiger partial charge < -0.3 is 4.48 Å². The van der Waals surface area contributed by atoms with E-state index in [2.05, 4.69) is 48.3 Å². The smallest absolute Gasteiger partial charge is 0.274 e. The van der Waals surface area contributed by atoms with Crippen LogP contribution in [0.1, 0.15) is 79.1 Å². The van der Waals surface area contributed by atoms with E-state index in [0.29, 0.717) is 0 Å². The molecule has 0 aromatic carbocycles. The molecule has 0 amide bonds. The molecular formula is C18H40N5O3S2+. The third kappa shape index (κ3) is 14.3. The van der Waals surface area contributed by atoms with Crippen LogP contribution in [0.4, 0.5) is 0 Å². The van der Waals surface area contributed by atoms with Crippen molar-refractivity contribution >= 4 is 21.9 Å². The van der Waals surface area contributed by atoms with E-state index in [-0.39, 0.29) is 5.16 Å². The van der Waals surface area contributed by atoms with Gasteiger partial charge in [0, 0.05) is 0 Å². The first-order valence-electron chi connectivity index (χ1n) is 10.5. The largest absolute Gasteiger partial charge is 0.324 e. The predicted octanol–water partition coefficient (Wildman–Crippen LogP) is 4.14. The summed E-state index contributed by atoms with van der Waals surface area (Å²) in [6.45, 7) is 15.0. The Labute approximate surface area is 175 Å². The summed E-state index contributed by atoms with van der Waals surface area (Å²) >= 11 is 0.804. The highest BCUT2D eigenvalue weighted by Crippen LogP contribution is 2.16. The molecule has 1 heterocycles. The van der Waals surface area contributed by atoms with E-state index >= 15 is 0 Å². The van der Waals surface area contributed by atoms with Gasteiger partial charge in [0.1, 0.15) is 5.08 Å². The topological polar surface area (TPSA) is 109 Å². The van der Waals surface area contributed by atoms with Crippen LogP contribution in [-0.2, 0) is 10.1 Å². The number of rotatable bonds is 15. The molecule has 0 aliphatic rings. The lowest BCUT2D eigenvalue weighted by molar-refractivity contribution is -0.929. The van der Waals surface area contributed by atoms with Gasteiger partial charge in [-0.25, -0.2) is 5.10 Å². The van der Waals surface area contributed by atoms with Gasteiger partial charge in [0.2, 0.25) is 5.16 Å². The Morgan fingerprint density at radius 3 is 1.61 bits per heavy atom. The fraction of sp³-hybridized carbons (Fsp3) is 0.944. The highest BCUT2D eigenvalue weighted by Gasteiger charge is 2.24. The van der Waals surface area contributed by atoms with Crippen molar-refractivity contribution in [3.8, 4) is 0 Å². The third-order valence-electron chi connectivity index (χ3n) is 4.61. The van der Waals surface area contributed by atoms with E-state index in [4.69, 9.17) is 4.55 Å². The van der Waals surface area contributed by atoms with Crippen molar-refractivity contribution in [1.29, 1.82) is 0 Å². The summed E-state index contributed by atoms with van der Waals surface area (Å²) in [7, 11) is -3.95. The van der Waals surface area contributed by atoms with Gasteiger partial charge in [0.15, 0.2) is 0 Å². The second-order valence-electron chi connectivity index (χ2n) is 7.20. The Bertz CT molecular complexity index is 530. The monoisotopic (exact) mass is 438 g/mol. The number of hydrogen-bond donors (Lipinski definition) is 2. The van der Waals surface area contributed by atoms with Gasteiger partial charge >= 0.3 is 0 Å². The van der Waals surface area contributed by atoms with E-state index in [0.717, 1.165) is 11.8 Å². The van der Waals surface area contributed by atoms with Crippen molar-refractivity contribution in [1.82, 2.24) is 20.6 Å². The molecule has 0 aliphatic heterocycles. The van der Waals surface area contributed by atoms with Crippen LogP contribution in [0.15, 0.2) is 5.16 Å². The van der Waals surface area contributed by atoms with Crippen molar-refractivity contribution < 1.29 is 17.5 Å². The van der Waals surface area contributed by atoms with E-state index in [1.807, 2.05) is 0 Å². The molecule has 0 aliphatic carbocycles. The van der Waals surface area contributed by atoms with Crippen LogP contribution in [0.5, 0.6) is 0 Å². The van der Waals surface area contributed by atoms with Gasteiger partial charge in [-0.05, 0) is 36.1 Å². The second-order valence-corrected chi connectivity index (χ2v) is 9.98. The number of H-pyrrole nitrogens is 1. The minimum absolute atomic E-state index is 0.252. The first kappa shape index (κ1) is 27.3. The molecule has 2 N–H and O–H groups in total. The van der Waals surface area contributed by atoms with E-state index < -0.39 is 15.2 Å². The molecule has 0 unspecified atom stereocenters. The van der Waals surface area contributed by atoms with Gasteiger partial charge in [0.05, 0.1) is 26.2 Å². The average molecular weight is 439 g/mol. The maximum atomic E-state index is 10.2. The van der Waals surface area contributed by atoms with E-state index in [1.165, 1.54) is 82.0 Å². The number of tetrazole rings is 1. The Kier molecular flexibility index (Phi) is 15.7. The first-order chi connectivity index (χ1) is 13.3. The molecule has 0 saturated carbocycles. The van der Waals surface area contributed by atoms with Gasteiger partial charge in [-0.1, -0.05) is 65.1 Å². The summed E-state index contributed by atoms with van der Waals surface area (Å²) in [6.07, 6.45) is 11.1. The zero-order chi connectivity index (χ0) is 21.3. The molecule has 8 nitrogen and oxygen atoms in total. The molecule has 0 fully saturated rings. The van der Waals surface area contributed by atoms with Gasteiger partial charge in [-0.15, -0.1) is 5.10 Å². The first-order valence-corrected chi connectivity index (χ1v) is 13.1. The van der Waals surface area contributed by atoms with Gasteiger partial charge in [-0.3, -0.25) is 4.55 Å². The number of thioether (sulfide) groups is 1. The second kappa shape index (κ2) is 16.1. The number of aromatic nitrogens is 4. The third-order valence-corrected chi connectivity index (χ3v) is 6.72. The van der Waals surface area contributed by atoms with Crippen molar-refractivity contribution in [2.45, 2.75) is 84.2 Å². The van der Waals surface area contributed by atoms with E-state index in [9.17, 15) is 8.42 Å². The highest BCUT2D eigenvalue weighted by atomic mass is 32.3. The zero-order valence-electron chi connectivity index (χ0n) is 18.1. The Morgan fingerprint density at radius 2 is 1.32 bits per heavy atom. The predicted molar refractivity (Wildman–Crippen MR) is 116 cm³/mol. The zero-order valence-corrected chi connectivity index (χ0v) is 19.7. The van der Waals surface area contributed by atoms with Crippen molar-refractivity contribution in [3.63, 3.8) is 0 Å². The summed E-state index contributed by atoms with van der Waals surface area (Å²) in [5, 5.41) is 11.9. The standard InChI is InChI=1S/C16H36N.C2H4N4O3S2/c1-5-9-13-17(14-10-6-2,15-11-7-3)16-12-8-4;7-11(8,9)1-10-2-3-5-6-4-2/h5-16H2,1-4H3;1H2,(H,7,8,9)(H,3,4,5,6)/q+1;. The summed E-state index contributed by atoms with van der Waals surface area (Å²) in [5.41, 5.74) is 0. The average Bonchev–Trinajstić information content (AvgIpc) is 3.19. The quantitative estimate of drug-likeness (QED) is 0.240. The molecule has 1 rings (SSSR count). The van der Waals surface area contributed by atoms with Gasteiger partial charge in [0.25, 0.3) is 10.1 Å². The van der Waals surface area contributed by atoms with Crippen LogP contribution in [0.3, 0.4) is 0 Å². The molecule has 1 aromatic heterocycles. The summed E-state index contributed by atoms with van der Waals surface area (Å²) in [6, 6.07) is 0. The van der Waals surface area contributed by atoms with E-state index in [1.54, 1.807) is 0 Å². The normalized spacial score (nSPS) is 11.9. The summed E-state index contributed by atoms with van der Waals surface area (Å²) in [4.78, 5) is 0. The SMILES string of the molecule is CCCC[N+](CCCC)(CCCC)CCCC.O=S(=O)(O)CSc1nnn[nH]1. The molecule has 166 valence electrons. The maximum Gasteiger partial charge on any atom is 0.274 e. The number of hydrogen-bond acceptors (Lipinski definition) is 6. The van der Waals surface area contributed by atoms with Crippen LogP contribution in [-0.4, -0.2) is 69.3 Å². The molecule has 0 radical (unpaired) electrons. The molecule has 28 heavy (non-hydrogen) atoms. The fourth-order valence-electron chi connectivity index (χ4n) is 2.99. The molecule has 0 spiro atoms. The lowest BCUT2D eigenvalue weighted by Gasteiger charge is -2.39. The van der Waals surface area contributed by atoms with Crippen molar-refractivity contribution in [3.05, 3.63) is 0 Å². The molecule has 10 heteroatoms. The fourth-order valence-corrected chi connectivity index (χ4v) is 4.23. The number of unbranched alkanes of at least 4 members (excludes halogenated alkanes) is 4. The Balaban J connectivity index is 0.000000567. The van der Waals surface area contributed by atoms with Crippen molar-refractivity contribution in [2.24, 2.45) is 0 Å². The van der Waals surface area contributed by atoms with Crippen molar-refractivity contribution in [2.75, 3.05) is 31.3 Å². The van der Waals surface area contributed by atoms with Crippen LogP contribution in [0.2, 0.25) is 0 Å². The molecule has 1 aromatic rings. The summed E-state index contributed by atoms with van der Waals surface area (Å²) < 4.78 is 30.1.